The van der Waals surface area contributed by atoms with E-state index in [1.807, 2.05) is 6.92 Å². The van der Waals surface area contributed by atoms with E-state index in [-0.39, 0.29) is 17.8 Å². The first kappa shape index (κ1) is 12.6. The number of hydrazine groups is 1. The maximum Gasteiger partial charge on any atom is 0.239 e. The van der Waals surface area contributed by atoms with E-state index in [1.165, 1.54) is 0 Å². The van der Waals surface area contributed by atoms with Crippen molar-refractivity contribution in [3.05, 3.63) is 12.0 Å². The lowest BCUT2D eigenvalue weighted by Crippen LogP contribution is -2.22. The van der Waals surface area contributed by atoms with Crippen molar-refractivity contribution in [1.29, 1.82) is 0 Å². The van der Waals surface area contributed by atoms with Crippen LogP contribution in [-0.2, 0) is 0 Å². The lowest BCUT2D eigenvalue weighted by molar-refractivity contribution is 0.179. The molecule has 0 spiro atoms. The Morgan fingerprint density at radius 3 is 2.81 bits per heavy atom. The molecule has 0 radical (unpaired) electrons. The molecule has 0 aliphatic heterocycles. The molecular weight excluding hydrogens is 213 g/mol. The Balaban J connectivity index is 2.71. The van der Waals surface area contributed by atoms with Gasteiger partial charge in [0.05, 0.1) is 12.3 Å². The molecule has 90 valence electrons. The third-order valence-electron chi connectivity index (χ3n) is 1.95. The van der Waals surface area contributed by atoms with E-state index in [1.54, 1.807) is 6.92 Å². The molecule has 1 aromatic heterocycles. The molecular formula is C9H16FN5O. The molecule has 0 aliphatic carbocycles. The number of hydrogen-bond acceptors (Lipinski definition) is 6. The number of anilines is 2. The molecule has 7 heteroatoms. The topological polar surface area (TPSA) is 96.1 Å². The Hall–Kier alpha value is -1.47. The van der Waals surface area contributed by atoms with Crippen LogP contribution in [0.5, 0.6) is 0 Å². The van der Waals surface area contributed by atoms with Crippen molar-refractivity contribution in [2.24, 2.45) is 5.84 Å². The fraction of sp³-hybridized carbons (Fsp3) is 0.556. The van der Waals surface area contributed by atoms with Crippen LogP contribution in [0.15, 0.2) is 6.20 Å². The second kappa shape index (κ2) is 5.57. The summed E-state index contributed by atoms with van der Waals surface area (Å²) in [7, 11) is 0. The zero-order valence-corrected chi connectivity index (χ0v) is 9.24. The molecule has 0 aliphatic rings. The summed E-state index contributed by atoms with van der Waals surface area (Å²) in [5.74, 6) is 4.75. The van der Waals surface area contributed by atoms with Crippen LogP contribution in [0, 0.1) is 5.82 Å². The van der Waals surface area contributed by atoms with Gasteiger partial charge in [0.1, 0.15) is 0 Å². The number of aromatic nitrogens is 2. The Morgan fingerprint density at radius 2 is 2.25 bits per heavy atom. The van der Waals surface area contributed by atoms with Gasteiger partial charge >= 0.3 is 0 Å². The van der Waals surface area contributed by atoms with Crippen molar-refractivity contribution < 1.29 is 9.50 Å². The number of nitrogens with two attached hydrogens (primary N) is 1. The zero-order chi connectivity index (χ0) is 12.1. The number of rotatable bonds is 5. The summed E-state index contributed by atoms with van der Waals surface area (Å²) in [6.45, 7) is 3.49. The van der Waals surface area contributed by atoms with Crippen LogP contribution in [0.3, 0.4) is 0 Å². The molecule has 1 heterocycles. The molecule has 2 atom stereocenters. The van der Waals surface area contributed by atoms with Gasteiger partial charge in [0.25, 0.3) is 0 Å². The Kier molecular flexibility index (Phi) is 4.39. The van der Waals surface area contributed by atoms with Gasteiger partial charge in [-0.15, -0.1) is 0 Å². The predicted molar refractivity (Wildman–Crippen MR) is 59.2 cm³/mol. The van der Waals surface area contributed by atoms with E-state index in [0.29, 0.717) is 6.42 Å². The van der Waals surface area contributed by atoms with Crippen molar-refractivity contribution in [3.63, 3.8) is 0 Å². The maximum absolute atomic E-state index is 13.3. The first-order valence-corrected chi connectivity index (χ1v) is 4.96. The SMILES string of the molecule is CC(O)CC(C)Nc1nc(NN)ncc1F. The van der Waals surface area contributed by atoms with Crippen molar-refractivity contribution in [2.75, 3.05) is 10.7 Å². The lowest BCUT2D eigenvalue weighted by atomic mass is 10.1. The maximum atomic E-state index is 13.3. The Bertz CT molecular complexity index is 347. The van der Waals surface area contributed by atoms with Crippen LogP contribution in [0.25, 0.3) is 0 Å². The van der Waals surface area contributed by atoms with E-state index in [2.05, 4.69) is 20.7 Å². The van der Waals surface area contributed by atoms with Crippen molar-refractivity contribution in [2.45, 2.75) is 32.4 Å². The summed E-state index contributed by atoms with van der Waals surface area (Å²) in [4.78, 5) is 7.44. The van der Waals surface area contributed by atoms with Crippen molar-refractivity contribution in [3.8, 4) is 0 Å². The lowest BCUT2D eigenvalue weighted by Gasteiger charge is -2.16. The van der Waals surface area contributed by atoms with Crippen LogP contribution in [0.4, 0.5) is 16.2 Å². The molecule has 0 aromatic carbocycles. The standard InChI is InChI=1S/C9H16FN5O/c1-5(3-6(2)16)13-8-7(10)4-12-9(14-8)15-11/h4-6,16H,3,11H2,1-2H3,(H2,12,13,14,15). The van der Waals surface area contributed by atoms with Gasteiger partial charge in [-0.25, -0.2) is 15.2 Å². The molecule has 1 aromatic rings. The summed E-state index contributed by atoms with van der Waals surface area (Å²) in [6, 6.07) is -0.102. The summed E-state index contributed by atoms with van der Waals surface area (Å²) >= 11 is 0. The molecule has 16 heavy (non-hydrogen) atoms. The van der Waals surface area contributed by atoms with Crippen LogP contribution in [-0.4, -0.2) is 27.2 Å². The molecule has 2 unspecified atom stereocenters. The van der Waals surface area contributed by atoms with E-state index in [0.717, 1.165) is 6.20 Å². The summed E-state index contributed by atoms with van der Waals surface area (Å²) in [6.07, 6.45) is 1.06. The number of nitrogen functional groups attached to an aromatic ring is 1. The van der Waals surface area contributed by atoms with Crippen molar-refractivity contribution >= 4 is 11.8 Å². The first-order valence-electron chi connectivity index (χ1n) is 4.96. The smallest absolute Gasteiger partial charge is 0.239 e. The van der Waals surface area contributed by atoms with Crippen LogP contribution in [0.1, 0.15) is 20.3 Å². The number of nitrogens with one attached hydrogen (secondary N) is 2. The number of nitrogens with zero attached hydrogens (tertiary/aromatic N) is 2. The van der Waals surface area contributed by atoms with Crippen LogP contribution < -0.4 is 16.6 Å². The van der Waals surface area contributed by atoms with Crippen LogP contribution >= 0.6 is 0 Å². The number of hydrogen-bond donors (Lipinski definition) is 4. The monoisotopic (exact) mass is 229 g/mol. The van der Waals surface area contributed by atoms with Gasteiger partial charge in [-0.3, -0.25) is 5.43 Å². The van der Waals surface area contributed by atoms with Gasteiger partial charge in [-0.2, -0.15) is 4.98 Å². The molecule has 5 N–H and O–H groups in total. The average molecular weight is 229 g/mol. The average Bonchev–Trinajstić information content (AvgIpc) is 2.20. The minimum absolute atomic E-state index is 0.0658. The minimum Gasteiger partial charge on any atom is -0.393 e. The molecule has 0 fully saturated rings. The van der Waals surface area contributed by atoms with Gasteiger partial charge in [0.15, 0.2) is 11.6 Å². The van der Waals surface area contributed by atoms with Gasteiger partial charge in [0.2, 0.25) is 5.95 Å². The van der Waals surface area contributed by atoms with Gasteiger partial charge in [-0.05, 0) is 20.3 Å². The molecule has 1 rings (SSSR count). The Morgan fingerprint density at radius 1 is 1.56 bits per heavy atom. The van der Waals surface area contributed by atoms with Crippen LogP contribution in [0.2, 0.25) is 0 Å². The normalized spacial score (nSPS) is 14.3. The van der Waals surface area contributed by atoms with Gasteiger partial charge in [-0.1, -0.05) is 0 Å². The molecule has 0 amide bonds. The number of aliphatic hydroxyl groups is 1. The molecule has 6 nitrogen and oxygen atoms in total. The second-order valence-electron chi connectivity index (χ2n) is 3.66. The second-order valence-corrected chi connectivity index (χ2v) is 3.66. The summed E-state index contributed by atoms with van der Waals surface area (Å²) in [5, 5.41) is 12.0. The third-order valence-corrected chi connectivity index (χ3v) is 1.95. The minimum atomic E-state index is -0.559. The van der Waals surface area contributed by atoms with E-state index < -0.39 is 11.9 Å². The fourth-order valence-corrected chi connectivity index (χ4v) is 1.34. The predicted octanol–water partition coefficient (Wildman–Crippen LogP) is 0.473. The summed E-state index contributed by atoms with van der Waals surface area (Å²) in [5.41, 5.74) is 2.23. The first-order chi connectivity index (χ1) is 7.52. The van der Waals surface area contributed by atoms with Gasteiger partial charge in [0, 0.05) is 6.04 Å². The highest BCUT2D eigenvalue weighted by Crippen LogP contribution is 2.13. The molecule has 0 bridgehead atoms. The third kappa shape index (κ3) is 3.59. The zero-order valence-electron chi connectivity index (χ0n) is 9.24. The van der Waals surface area contributed by atoms with E-state index >= 15 is 0 Å². The Labute approximate surface area is 93.1 Å². The van der Waals surface area contributed by atoms with Crippen molar-refractivity contribution in [1.82, 2.24) is 9.97 Å². The van der Waals surface area contributed by atoms with Gasteiger partial charge < -0.3 is 10.4 Å². The number of aliphatic hydroxyl groups excluding tert-OH is 1. The highest BCUT2D eigenvalue weighted by Gasteiger charge is 2.11. The molecule has 0 saturated heterocycles. The van der Waals surface area contributed by atoms with E-state index in [9.17, 15) is 9.50 Å². The number of halogens is 1. The quantitative estimate of drug-likeness (QED) is 0.433. The molecule has 0 saturated carbocycles. The fourth-order valence-electron chi connectivity index (χ4n) is 1.34. The summed E-state index contributed by atoms with van der Waals surface area (Å²) < 4.78 is 13.3. The highest BCUT2D eigenvalue weighted by atomic mass is 19.1. The largest absolute Gasteiger partial charge is 0.393 e. The van der Waals surface area contributed by atoms with E-state index in [4.69, 9.17) is 5.84 Å². The highest BCUT2D eigenvalue weighted by molar-refractivity contribution is 5.41.